The van der Waals surface area contributed by atoms with E-state index >= 15 is 0 Å². The molecule has 0 saturated carbocycles. The Morgan fingerprint density at radius 2 is 1.57 bits per heavy atom. The summed E-state index contributed by atoms with van der Waals surface area (Å²) in [6.07, 6.45) is 0.329. The van der Waals surface area contributed by atoms with Gasteiger partial charge >= 0.3 is 0 Å². The van der Waals surface area contributed by atoms with Crippen LogP contribution in [-0.4, -0.2) is 11.0 Å². The number of phenols is 1. The number of anilines is 1. The van der Waals surface area contributed by atoms with Crippen molar-refractivity contribution in [1.29, 1.82) is 0 Å². The first-order valence-electron chi connectivity index (χ1n) is 6.78. The molecule has 0 radical (unpaired) electrons. The van der Waals surface area contributed by atoms with Gasteiger partial charge in [-0.2, -0.15) is 0 Å². The van der Waals surface area contributed by atoms with E-state index in [1.807, 2.05) is 54.6 Å². The van der Waals surface area contributed by atoms with Crippen LogP contribution in [0.2, 0.25) is 0 Å². The predicted octanol–water partition coefficient (Wildman–Crippen LogP) is 3.73. The fourth-order valence-corrected chi connectivity index (χ4v) is 2.38. The lowest BCUT2D eigenvalue weighted by Crippen LogP contribution is -2.14. The zero-order chi connectivity index (χ0) is 14.7. The van der Waals surface area contributed by atoms with Crippen LogP contribution in [0.3, 0.4) is 0 Å². The van der Waals surface area contributed by atoms with Crippen LogP contribution < -0.4 is 5.32 Å². The van der Waals surface area contributed by atoms with Crippen molar-refractivity contribution in [2.24, 2.45) is 0 Å². The molecule has 0 aromatic heterocycles. The fraction of sp³-hybridized carbons (Fsp3) is 0.0556. The van der Waals surface area contributed by atoms with Gasteiger partial charge in [-0.3, -0.25) is 4.79 Å². The topological polar surface area (TPSA) is 49.3 Å². The van der Waals surface area contributed by atoms with Crippen LogP contribution in [-0.2, 0) is 11.2 Å². The van der Waals surface area contributed by atoms with Crippen molar-refractivity contribution in [3.05, 3.63) is 72.3 Å². The van der Waals surface area contributed by atoms with E-state index in [0.717, 1.165) is 16.3 Å². The number of aromatic hydroxyl groups is 1. The number of hydrogen-bond acceptors (Lipinski definition) is 2. The highest BCUT2D eigenvalue weighted by atomic mass is 16.3. The maximum atomic E-state index is 12.1. The Bertz CT molecular complexity index is 782. The Hall–Kier alpha value is -2.81. The van der Waals surface area contributed by atoms with Crippen LogP contribution in [0, 0.1) is 0 Å². The number of benzene rings is 3. The Labute approximate surface area is 122 Å². The second-order valence-corrected chi connectivity index (χ2v) is 4.89. The van der Waals surface area contributed by atoms with Crippen molar-refractivity contribution >= 4 is 22.4 Å². The summed E-state index contributed by atoms with van der Waals surface area (Å²) < 4.78 is 0. The van der Waals surface area contributed by atoms with Crippen molar-refractivity contribution < 1.29 is 9.90 Å². The maximum absolute atomic E-state index is 12.1. The summed E-state index contributed by atoms with van der Waals surface area (Å²) in [6.45, 7) is 0. The van der Waals surface area contributed by atoms with Gasteiger partial charge in [0, 0.05) is 16.5 Å². The van der Waals surface area contributed by atoms with Gasteiger partial charge in [0.1, 0.15) is 5.75 Å². The fourth-order valence-electron chi connectivity index (χ4n) is 2.38. The number of rotatable bonds is 3. The van der Waals surface area contributed by atoms with Gasteiger partial charge in [0.05, 0.1) is 6.42 Å². The first-order valence-corrected chi connectivity index (χ1v) is 6.78. The molecule has 0 aliphatic carbocycles. The molecule has 1 amide bonds. The van der Waals surface area contributed by atoms with Gasteiger partial charge in [0.2, 0.25) is 5.91 Å². The zero-order valence-electron chi connectivity index (χ0n) is 11.4. The zero-order valence-corrected chi connectivity index (χ0v) is 11.4. The summed E-state index contributed by atoms with van der Waals surface area (Å²) in [6, 6.07) is 20.4. The number of nitrogens with one attached hydrogen (secondary N) is 1. The van der Waals surface area contributed by atoms with Gasteiger partial charge in [-0.25, -0.2) is 0 Å². The lowest BCUT2D eigenvalue weighted by Gasteiger charge is -2.09. The average Bonchev–Trinajstić information content (AvgIpc) is 2.49. The van der Waals surface area contributed by atoms with E-state index < -0.39 is 0 Å². The van der Waals surface area contributed by atoms with Crippen molar-refractivity contribution in [2.45, 2.75) is 6.42 Å². The minimum Gasteiger partial charge on any atom is -0.507 e. The molecule has 3 heteroatoms. The number of carbonyl (C=O) groups is 1. The number of hydrogen-bond donors (Lipinski definition) is 2. The number of phenolic OH excluding ortho intramolecular Hbond substituents is 1. The second kappa shape index (κ2) is 5.67. The maximum Gasteiger partial charge on any atom is 0.228 e. The molecular formula is C18H15NO2. The largest absolute Gasteiger partial charge is 0.507 e. The van der Waals surface area contributed by atoms with E-state index in [4.69, 9.17) is 0 Å². The summed E-state index contributed by atoms with van der Waals surface area (Å²) in [5, 5.41) is 14.3. The summed E-state index contributed by atoms with van der Waals surface area (Å²) in [7, 11) is 0. The van der Waals surface area contributed by atoms with Crippen LogP contribution in [0.25, 0.3) is 10.8 Å². The summed E-state index contributed by atoms with van der Waals surface area (Å²) in [5.41, 5.74) is 1.68. The second-order valence-electron chi connectivity index (χ2n) is 4.89. The van der Waals surface area contributed by atoms with E-state index in [1.54, 1.807) is 12.1 Å². The molecule has 0 saturated heterocycles. The number of fused-ring (bicyclic) bond motifs is 1. The summed E-state index contributed by atoms with van der Waals surface area (Å²) in [5.74, 6) is 0.142. The third-order valence-corrected chi connectivity index (χ3v) is 3.38. The lowest BCUT2D eigenvalue weighted by atomic mass is 10.1. The third-order valence-electron chi connectivity index (χ3n) is 3.38. The Kier molecular flexibility index (Phi) is 3.56. The van der Waals surface area contributed by atoms with Crippen molar-refractivity contribution in [2.75, 3.05) is 5.32 Å². The predicted molar refractivity (Wildman–Crippen MR) is 84.4 cm³/mol. The van der Waals surface area contributed by atoms with E-state index in [-0.39, 0.29) is 11.7 Å². The van der Waals surface area contributed by atoms with E-state index in [0.29, 0.717) is 12.1 Å². The molecule has 2 N–H and O–H groups in total. The van der Waals surface area contributed by atoms with E-state index in [1.165, 1.54) is 0 Å². The van der Waals surface area contributed by atoms with Crippen LogP contribution in [0.15, 0.2) is 66.7 Å². The van der Waals surface area contributed by atoms with Crippen LogP contribution in [0.4, 0.5) is 5.69 Å². The van der Waals surface area contributed by atoms with Gasteiger partial charge in [0.15, 0.2) is 0 Å². The molecule has 0 bridgehead atoms. The molecule has 0 heterocycles. The molecule has 0 aliphatic rings. The molecule has 3 rings (SSSR count). The van der Waals surface area contributed by atoms with Gasteiger partial charge in [-0.05, 0) is 17.7 Å². The SMILES string of the molecule is O=C(Cc1ccccc1)Nc1cccc2c(O)cccc12. The molecule has 0 atom stereocenters. The van der Waals surface area contributed by atoms with Crippen LogP contribution >= 0.6 is 0 Å². The molecule has 0 spiro atoms. The highest BCUT2D eigenvalue weighted by molar-refractivity contribution is 6.04. The standard InChI is InChI=1S/C18H15NO2/c20-17-11-5-8-14-15(17)9-4-10-16(14)19-18(21)12-13-6-2-1-3-7-13/h1-11,20H,12H2,(H,19,21). The number of amides is 1. The van der Waals surface area contributed by atoms with E-state index in [2.05, 4.69) is 5.32 Å². The first-order chi connectivity index (χ1) is 10.2. The summed E-state index contributed by atoms with van der Waals surface area (Å²) in [4.78, 5) is 12.1. The highest BCUT2D eigenvalue weighted by Gasteiger charge is 2.08. The monoisotopic (exact) mass is 277 g/mol. The van der Waals surface area contributed by atoms with Crippen molar-refractivity contribution in [3.8, 4) is 5.75 Å². The molecule has 3 nitrogen and oxygen atoms in total. The highest BCUT2D eigenvalue weighted by Crippen LogP contribution is 2.29. The Morgan fingerprint density at radius 3 is 2.38 bits per heavy atom. The smallest absolute Gasteiger partial charge is 0.228 e. The van der Waals surface area contributed by atoms with Gasteiger partial charge in [0.25, 0.3) is 0 Å². The lowest BCUT2D eigenvalue weighted by molar-refractivity contribution is -0.115. The third kappa shape index (κ3) is 2.87. The molecule has 3 aromatic rings. The molecule has 3 aromatic carbocycles. The normalized spacial score (nSPS) is 10.5. The van der Waals surface area contributed by atoms with Gasteiger partial charge in [-0.1, -0.05) is 54.6 Å². The van der Waals surface area contributed by atoms with Crippen molar-refractivity contribution in [3.63, 3.8) is 0 Å². The van der Waals surface area contributed by atoms with Gasteiger partial charge < -0.3 is 10.4 Å². The molecule has 104 valence electrons. The first kappa shape index (κ1) is 13.2. The Balaban J connectivity index is 1.85. The number of carbonyl (C=O) groups excluding carboxylic acids is 1. The minimum atomic E-state index is -0.0722. The van der Waals surface area contributed by atoms with Crippen LogP contribution in [0.1, 0.15) is 5.56 Å². The van der Waals surface area contributed by atoms with E-state index in [9.17, 15) is 9.90 Å². The molecule has 0 aliphatic heterocycles. The quantitative estimate of drug-likeness (QED) is 0.766. The molecule has 0 fully saturated rings. The minimum absolute atomic E-state index is 0.0722. The van der Waals surface area contributed by atoms with Crippen LogP contribution in [0.5, 0.6) is 5.75 Å². The molecular weight excluding hydrogens is 262 g/mol. The van der Waals surface area contributed by atoms with Crippen molar-refractivity contribution in [1.82, 2.24) is 0 Å². The van der Waals surface area contributed by atoms with Gasteiger partial charge in [-0.15, -0.1) is 0 Å². The molecule has 0 unspecified atom stereocenters. The molecule has 21 heavy (non-hydrogen) atoms. The summed E-state index contributed by atoms with van der Waals surface area (Å²) >= 11 is 0. The average molecular weight is 277 g/mol. The Morgan fingerprint density at radius 1 is 0.857 bits per heavy atom.